The van der Waals surface area contributed by atoms with Crippen LogP contribution >= 0.6 is 0 Å². The Morgan fingerprint density at radius 1 is 0.574 bits per heavy atom. The van der Waals surface area contributed by atoms with Gasteiger partial charge in [-0.3, -0.25) is 24.5 Å². The summed E-state index contributed by atoms with van der Waals surface area (Å²) < 4.78 is 4.15. The zero-order valence-electron chi connectivity index (χ0n) is 39.3. The monoisotopic (exact) mass is 848 g/mol. The first-order chi connectivity index (χ1) is 28.5. The maximum absolute atomic E-state index is 12.0. The molecule has 338 valence electrons. The van der Waals surface area contributed by atoms with Gasteiger partial charge in [-0.2, -0.15) is 4.98 Å². The van der Waals surface area contributed by atoms with Crippen molar-refractivity contribution in [1.82, 2.24) is 49.0 Å². The van der Waals surface area contributed by atoms with Crippen molar-refractivity contribution in [3.63, 3.8) is 0 Å². The summed E-state index contributed by atoms with van der Waals surface area (Å²) in [6.07, 6.45) is 11.1. The lowest BCUT2D eigenvalue weighted by Gasteiger charge is -2.07. The summed E-state index contributed by atoms with van der Waals surface area (Å²) >= 11 is 0. The molecule has 0 atom stereocenters. The van der Waals surface area contributed by atoms with Gasteiger partial charge in [0.15, 0.2) is 0 Å². The first kappa shape index (κ1) is 53.0. The van der Waals surface area contributed by atoms with Crippen LogP contribution in [-0.4, -0.2) is 49.0 Å². The average molecular weight is 848 g/mol. The molecule has 0 radical (unpaired) electrons. The molecule has 10 N–H and O–H groups in total. The van der Waals surface area contributed by atoms with Crippen LogP contribution in [-0.2, 0) is 0 Å². The molecule has 61 heavy (non-hydrogen) atoms. The van der Waals surface area contributed by atoms with Crippen LogP contribution in [0.25, 0.3) is 22.1 Å². The predicted molar refractivity (Wildman–Crippen MR) is 253 cm³/mol. The third kappa shape index (κ3) is 15.2. The highest BCUT2D eigenvalue weighted by Crippen LogP contribution is 2.31. The van der Waals surface area contributed by atoms with E-state index in [4.69, 9.17) is 17.2 Å². The average Bonchev–Trinajstić information content (AvgIpc) is 3.74. The molecule has 0 aliphatic heterocycles. The molecule has 0 aliphatic carbocycles. The molecule has 6 heterocycles. The number of aromatic nitrogens is 10. The van der Waals surface area contributed by atoms with Crippen LogP contribution in [0.5, 0.6) is 0 Å². The second-order valence-corrected chi connectivity index (χ2v) is 16.4. The van der Waals surface area contributed by atoms with Gasteiger partial charge in [0.05, 0.1) is 10.8 Å². The summed E-state index contributed by atoms with van der Waals surface area (Å²) in [5.41, 5.74) is 21.1. The fourth-order valence-electron chi connectivity index (χ4n) is 5.73. The molecule has 0 fully saturated rings. The fraction of sp³-hybridized carbons (Fsp3) is 0.545. The van der Waals surface area contributed by atoms with Crippen molar-refractivity contribution in [2.45, 2.75) is 159 Å². The van der Waals surface area contributed by atoms with E-state index in [2.05, 4.69) is 134 Å². The van der Waals surface area contributed by atoms with Gasteiger partial charge in [-0.1, -0.05) is 95.9 Å². The third-order valence-electron chi connectivity index (χ3n) is 8.72. The Balaban J connectivity index is 0.000000395. The first-order valence-electron chi connectivity index (χ1n) is 21.2. The van der Waals surface area contributed by atoms with E-state index >= 15 is 0 Å². The van der Waals surface area contributed by atoms with Crippen molar-refractivity contribution in [3.05, 3.63) is 95.0 Å². The number of fused-ring (bicyclic) bond motifs is 2. The van der Waals surface area contributed by atoms with E-state index in [9.17, 15) is 19.2 Å². The molecule has 6 aromatic rings. The number of aromatic amines is 4. The maximum Gasteiger partial charge on any atom is 0.346 e. The molecule has 0 saturated carbocycles. The van der Waals surface area contributed by atoms with E-state index in [1.54, 1.807) is 0 Å². The standard InChI is InChI=1S/C12H18N4O.C12H18N4.C7H11N3O.C7H10N2O2.2C3H8/c1-6(2)8-5-16(7(3)4)10-9(8)11(17)15-12(13)14-10;1-7(2)9-5-16(8(3)4)12-10(9)11(13)14-6-15-12;1-4(2)5-3-9-7(11)10-6(5)8;1-4(2)5-3-8-7(11)9-6(5)10;2*1-3-2/h5-7H,1-4H3,(H3,13,14,15,17);5-8H,1-4H3,(H2,13,14,15);3-4H,1-2H3,(H3,8,9,10,11);3-4H,1-2H3,(H2,8,9,10,11);2*3H2,1-2H3. The van der Waals surface area contributed by atoms with Crippen LogP contribution in [0.2, 0.25) is 0 Å². The van der Waals surface area contributed by atoms with Gasteiger partial charge in [0, 0.05) is 48.0 Å². The van der Waals surface area contributed by atoms with Crippen LogP contribution in [0.4, 0.5) is 17.6 Å². The largest absolute Gasteiger partial charge is 0.385 e. The minimum Gasteiger partial charge on any atom is -0.385 e. The molecule has 0 aliphatic rings. The number of nitrogen functional groups attached to an aromatic ring is 3. The van der Waals surface area contributed by atoms with Crippen molar-refractivity contribution < 1.29 is 0 Å². The molecule has 17 heteroatoms. The Morgan fingerprint density at radius 2 is 1.05 bits per heavy atom. The van der Waals surface area contributed by atoms with E-state index in [0.717, 1.165) is 22.2 Å². The van der Waals surface area contributed by atoms with Crippen molar-refractivity contribution in [2.24, 2.45) is 0 Å². The maximum atomic E-state index is 12.0. The van der Waals surface area contributed by atoms with Gasteiger partial charge in [-0.15, -0.1) is 0 Å². The summed E-state index contributed by atoms with van der Waals surface area (Å²) in [6.45, 7) is 33.1. The summed E-state index contributed by atoms with van der Waals surface area (Å²) in [5.74, 6) is 2.29. The van der Waals surface area contributed by atoms with Crippen LogP contribution in [0, 0.1) is 0 Å². The van der Waals surface area contributed by atoms with Crippen LogP contribution in [0.15, 0.2) is 50.3 Å². The quantitative estimate of drug-likeness (QED) is 0.0839. The normalized spacial score (nSPS) is 10.8. The summed E-state index contributed by atoms with van der Waals surface area (Å²) in [7, 11) is 0. The fourth-order valence-corrected chi connectivity index (χ4v) is 5.73. The number of hydrogen-bond donors (Lipinski definition) is 7. The van der Waals surface area contributed by atoms with Gasteiger partial charge in [-0.05, 0) is 62.5 Å². The van der Waals surface area contributed by atoms with E-state index < -0.39 is 11.4 Å². The summed E-state index contributed by atoms with van der Waals surface area (Å²) in [5, 5.41) is 1.66. The number of anilines is 3. The molecule has 0 unspecified atom stereocenters. The lowest BCUT2D eigenvalue weighted by Crippen LogP contribution is -2.24. The molecule has 0 amide bonds. The molecule has 0 aromatic carbocycles. The van der Waals surface area contributed by atoms with Crippen molar-refractivity contribution in [2.75, 3.05) is 17.2 Å². The topological polar surface area (TPSA) is 271 Å². The van der Waals surface area contributed by atoms with E-state index in [1.807, 2.05) is 38.5 Å². The minimum absolute atomic E-state index is 0.135. The van der Waals surface area contributed by atoms with Crippen LogP contribution in [0.3, 0.4) is 0 Å². The van der Waals surface area contributed by atoms with Crippen molar-refractivity contribution >= 4 is 39.7 Å². The molecular formula is C44H73N13O4. The summed E-state index contributed by atoms with van der Waals surface area (Å²) in [4.78, 5) is 69.9. The van der Waals surface area contributed by atoms with Crippen LogP contribution in [0.1, 0.15) is 182 Å². The second-order valence-electron chi connectivity index (χ2n) is 16.4. The SMILES string of the molecule is CC(C)c1c[nH]c(=O)[nH]c1=O.CC(C)c1cn(C(C)C)c2nc(N)[nH]c(=O)c12.CC(C)c1cn(C(C)C)c2ncnc(N)c12.CC(C)c1cnc(=O)[nH]c1N.CCC.CCC. The van der Waals surface area contributed by atoms with Gasteiger partial charge in [0.25, 0.3) is 11.1 Å². The number of nitrogens with two attached hydrogens (primary N) is 3. The van der Waals surface area contributed by atoms with Gasteiger partial charge >= 0.3 is 11.4 Å². The highest BCUT2D eigenvalue weighted by molar-refractivity contribution is 5.90. The molecule has 0 spiro atoms. The number of nitrogens with one attached hydrogen (secondary N) is 4. The van der Waals surface area contributed by atoms with E-state index in [1.165, 1.54) is 37.1 Å². The zero-order chi connectivity index (χ0) is 46.9. The highest BCUT2D eigenvalue weighted by atomic mass is 16.2. The number of nitrogens with zero attached hydrogens (tertiary/aromatic N) is 6. The van der Waals surface area contributed by atoms with Gasteiger partial charge in [0.2, 0.25) is 5.95 Å². The Bertz CT molecular complexity index is 2480. The molecular weight excluding hydrogens is 775 g/mol. The Morgan fingerprint density at radius 3 is 1.49 bits per heavy atom. The van der Waals surface area contributed by atoms with E-state index in [0.29, 0.717) is 46.1 Å². The van der Waals surface area contributed by atoms with Gasteiger partial charge in [-0.25, -0.2) is 24.5 Å². The number of hydrogen-bond acceptors (Lipinski definition) is 11. The van der Waals surface area contributed by atoms with Crippen LogP contribution < -0.4 is 39.7 Å². The highest BCUT2D eigenvalue weighted by Gasteiger charge is 2.18. The molecule has 0 bridgehead atoms. The molecule has 6 rings (SSSR count). The Labute approximate surface area is 359 Å². The molecule has 6 aromatic heterocycles. The first-order valence-corrected chi connectivity index (χ1v) is 21.2. The zero-order valence-corrected chi connectivity index (χ0v) is 39.3. The summed E-state index contributed by atoms with van der Waals surface area (Å²) in [6, 6.07) is 0.628. The Hall–Kier alpha value is -6.00. The number of rotatable bonds is 6. The third-order valence-corrected chi connectivity index (χ3v) is 8.72. The predicted octanol–water partition coefficient (Wildman–Crippen LogP) is 8.22. The van der Waals surface area contributed by atoms with Crippen molar-refractivity contribution in [1.29, 1.82) is 0 Å². The Kier molecular flexibility index (Phi) is 21.7. The number of H-pyrrole nitrogens is 4. The van der Waals surface area contributed by atoms with E-state index in [-0.39, 0.29) is 34.9 Å². The van der Waals surface area contributed by atoms with Gasteiger partial charge in [0.1, 0.15) is 29.3 Å². The lowest BCUT2D eigenvalue weighted by molar-refractivity contribution is 0.614. The molecule has 0 saturated heterocycles. The minimum atomic E-state index is -0.459. The smallest absolute Gasteiger partial charge is 0.346 e. The lowest BCUT2D eigenvalue weighted by atomic mass is 10.0. The van der Waals surface area contributed by atoms with Crippen molar-refractivity contribution in [3.8, 4) is 0 Å². The van der Waals surface area contributed by atoms with Gasteiger partial charge < -0.3 is 31.3 Å². The second kappa shape index (κ2) is 24.9. The molecule has 17 nitrogen and oxygen atoms in total.